The second-order valence-corrected chi connectivity index (χ2v) is 30.7. The molecular formula is C82H157NO18. The summed E-state index contributed by atoms with van der Waals surface area (Å²) in [6.45, 7) is 1.80. The van der Waals surface area contributed by atoms with Gasteiger partial charge in [0, 0.05) is 6.42 Å². The third-order valence-electron chi connectivity index (χ3n) is 21.6. The van der Waals surface area contributed by atoms with E-state index in [1.165, 1.54) is 302 Å². The summed E-state index contributed by atoms with van der Waals surface area (Å²) in [5.41, 5.74) is 0. The molecule has 3 heterocycles. The van der Waals surface area contributed by atoms with Crippen molar-refractivity contribution in [1.29, 1.82) is 0 Å². The van der Waals surface area contributed by atoms with Crippen LogP contribution in [0.3, 0.4) is 0 Å². The molecule has 3 aliphatic heterocycles. The molecule has 17 atom stereocenters. The lowest BCUT2D eigenvalue weighted by atomic mass is 9.96. The Morgan fingerprint density at radius 3 is 0.931 bits per heavy atom. The van der Waals surface area contributed by atoms with Gasteiger partial charge in [0.1, 0.15) is 73.2 Å². The first-order valence-corrected chi connectivity index (χ1v) is 42.4. The zero-order chi connectivity index (χ0) is 73.2. The van der Waals surface area contributed by atoms with E-state index >= 15 is 0 Å². The Balaban J connectivity index is 1.31. The van der Waals surface area contributed by atoms with Crippen LogP contribution in [0.4, 0.5) is 0 Å². The number of nitrogens with one attached hydrogen (secondary N) is 1. The fourth-order valence-corrected chi connectivity index (χ4v) is 14.8. The van der Waals surface area contributed by atoms with Crippen LogP contribution in [0.15, 0.2) is 12.2 Å². The molecule has 3 saturated heterocycles. The molecule has 0 aromatic heterocycles. The van der Waals surface area contributed by atoms with Crippen LogP contribution in [0, 0.1) is 0 Å². The maximum absolute atomic E-state index is 13.5. The quantitative estimate of drug-likeness (QED) is 0.0199. The highest BCUT2D eigenvalue weighted by molar-refractivity contribution is 5.76. The third kappa shape index (κ3) is 43.3. The minimum absolute atomic E-state index is 0.250. The lowest BCUT2D eigenvalue weighted by molar-refractivity contribution is -0.379. The van der Waals surface area contributed by atoms with Crippen molar-refractivity contribution >= 4 is 5.91 Å². The molecule has 1 amide bonds. The molecule has 0 saturated carbocycles. The van der Waals surface area contributed by atoms with E-state index in [-0.39, 0.29) is 18.9 Å². The Bertz CT molecular complexity index is 1870. The van der Waals surface area contributed by atoms with Gasteiger partial charge in [-0.1, -0.05) is 360 Å². The van der Waals surface area contributed by atoms with Gasteiger partial charge in [0.2, 0.25) is 5.91 Å². The molecule has 598 valence electrons. The first-order chi connectivity index (χ1) is 49.3. The van der Waals surface area contributed by atoms with Crippen LogP contribution in [-0.4, -0.2) is 193 Å². The predicted molar refractivity (Wildman–Crippen MR) is 402 cm³/mol. The number of carbonyl (C=O) groups is 1. The number of allylic oxidation sites excluding steroid dienone is 1. The number of rotatable bonds is 69. The van der Waals surface area contributed by atoms with Gasteiger partial charge in [-0.05, 0) is 19.3 Å². The molecule has 0 radical (unpaired) electrons. The van der Waals surface area contributed by atoms with E-state index in [0.29, 0.717) is 6.42 Å². The molecule has 19 heteroatoms. The van der Waals surface area contributed by atoms with Gasteiger partial charge in [0.25, 0.3) is 0 Å². The molecule has 0 spiro atoms. The van der Waals surface area contributed by atoms with Crippen molar-refractivity contribution in [3.8, 4) is 0 Å². The zero-order valence-corrected chi connectivity index (χ0v) is 64.2. The molecule has 101 heavy (non-hydrogen) atoms. The van der Waals surface area contributed by atoms with Crippen LogP contribution >= 0.6 is 0 Å². The smallest absolute Gasteiger partial charge is 0.220 e. The molecule has 0 bridgehead atoms. The highest BCUT2D eigenvalue weighted by Gasteiger charge is 2.54. The summed E-state index contributed by atoms with van der Waals surface area (Å²) in [6, 6.07) is -0.970. The van der Waals surface area contributed by atoms with Crippen molar-refractivity contribution in [3.05, 3.63) is 12.2 Å². The number of amides is 1. The summed E-state index contributed by atoms with van der Waals surface area (Å²) in [6.07, 6.45) is 49.4. The van der Waals surface area contributed by atoms with E-state index in [9.17, 15) is 61.0 Å². The summed E-state index contributed by atoms with van der Waals surface area (Å²) in [5, 5.41) is 121. The SMILES string of the molecule is CCCCCCCCCCCCCCCCCCC/C=C/C(O)C(COC1OC(CO)C(OC2OC(CO)C(OC3OC(CO)C(O)C(O)C3O)C(O)C2O)C(O)C1O)NC(=O)CCCCCCCCCCCCCCCCCCCCCCCCCCCCCCCCCCCCCCC. The van der Waals surface area contributed by atoms with Gasteiger partial charge in [0.05, 0.1) is 38.6 Å². The van der Waals surface area contributed by atoms with Gasteiger partial charge in [-0.3, -0.25) is 4.79 Å². The van der Waals surface area contributed by atoms with Crippen LogP contribution in [0.5, 0.6) is 0 Å². The molecule has 0 aliphatic carbocycles. The van der Waals surface area contributed by atoms with Crippen LogP contribution < -0.4 is 5.32 Å². The highest BCUT2D eigenvalue weighted by Crippen LogP contribution is 2.33. The van der Waals surface area contributed by atoms with E-state index in [0.717, 1.165) is 44.9 Å². The first-order valence-electron chi connectivity index (χ1n) is 42.4. The topological polar surface area (TPSA) is 307 Å². The van der Waals surface area contributed by atoms with Crippen LogP contribution in [0.2, 0.25) is 0 Å². The van der Waals surface area contributed by atoms with Gasteiger partial charge in [0.15, 0.2) is 18.9 Å². The van der Waals surface area contributed by atoms with E-state index in [1.807, 2.05) is 6.08 Å². The van der Waals surface area contributed by atoms with Crippen molar-refractivity contribution in [2.75, 3.05) is 26.4 Å². The lowest BCUT2D eigenvalue weighted by Crippen LogP contribution is -2.66. The van der Waals surface area contributed by atoms with E-state index in [4.69, 9.17) is 28.4 Å². The monoisotopic (exact) mass is 1440 g/mol. The van der Waals surface area contributed by atoms with E-state index < -0.39 is 124 Å². The molecular weight excluding hydrogens is 1290 g/mol. The molecule has 17 unspecified atom stereocenters. The number of aliphatic hydroxyl groups is 11. The van der Waals surface area contributed by atoms with E-state index in [1.54, 1.807) is 6.08 Å². The predicted octanol–water partition coefficient (Wildman–Crippen LogP) is 14.7. The average Bonchev–Trinajstić information content (AvgIpc) is 0.782. The minimum Gasteiger partial charge on any atom is -0.394 e. The van der Waals surface area contributed by atoms with Crippen LogP contribution in [-0.2, 0) is 33.2 Å². The van der Waals surface area contributed by atoms with Crippen molar-refractivity contribution in [3.63, 3.8) is 0 Å². The van der Waals surface area contributed by atoms with E-state index in [2.05, 4.69) is 19.2 Å². The minimum atomic E-state index is -1.98. The second kappa shape index (κ2) is 63.5. The van der Waals surface area contributed by atoms with Crippen molar-refractivity contribution < 1.29 is 89.4 Å². The number of hydrogen-bond donors (Lipinski definition) is 12. The number of aliphatic hydroxyl groups excluding tert-OH is 11. The standard InChI is InChI=1S/C82H157NO18/c1-3-5-7-9-11-13-15-17-19-21-23-24-25-26-27-28-29-30-31-32-33-34-35-36-37-38-39-40-42-44-46-48-50-52-54-56-58-60-70(88)83-65(66(87)59-57-55-53-51-49-47-45-43-41-22-20-18-16-14-12-10-8-6-4-2)64-96-80-76(94)73(91)78(68(62-85)98-80)101-82-77(95)74(92)79(69(63-86)99-82)100-81-75(93)72(90)71(89)67(61-84)97-81/h57,59,65-69,71-82,84-87,89-95H,3-56,58,60-64H2,1-2H3,(H,83,88)/b59-57+. The Morgan fingerprint density at radius 1 is 0.347 bits per heavy atom. The van der Waals surface area contributed by atoms with Gasteiger partial charge in [-0.2, -0.15) is 0 Å². The Hall–Kier alpha value is -1.47. The van der Waals surface area contributed by atoms with Crippen molar-refractivity contribution in [2.24, 2.45) is 0 Å². The van der Waals surface area contributed by atoms with Crippen LogP contribution in [0.1, 0.15) is 373 Å². The Kier molecular flexibility index (Phi) is 58.9. The van der Waals surface area contributed by atoms with Gasteiger partial charge >= 0.3 is 0 Å². The molecule has 3 fully saturated rings. The van der Waals surface area contributed by atoms with Crippen molar-refractivity contribution in [2.45, 2.75) is 478 Å². The summed E-state index contributed by atoms with van der Waals surface area (Å²) in [5.74, 6) is -0.266. The average molecular weight is 1450 g/mol. The fraction of sp³-hybridized carbons (Fsp3) is 0.963. The van der Waals surface area contributed by atoms with Crippen LogP contribution in [0.25, 0.3) is 0 Å². The normalized spacial score (nSPS) is 26.3. The largest absolute Gasteiger partial charge is 0.394 e. The zero-order valence-electron chi connectivity index (χ0n) is 64.2. The number of carbonyl (C=O) groups excluding carboxylic acids is 1. The van der Waals surface area contributed by atoms with Gasteiger partial charge < -0.3 is 89.9 Å². The maximum Gasteiger partial charge on any atom is 0.220 e. The third-order valence-corrected chi connectivity index (χ3v) is 21.6. The molecule has 19 nitrogen and oxygen atoms in total. The Labute approximate surface area is 614 Å². The Morgan fingerprint density at radius 2 is 0.614 bits per heavy atom. The number of hydrogen-bond acceptors (Lipinski definition) is 18. The fourth-order valence-electron chi connectivity index (χ4n) is 14.8. The molecule has 0 aromatic rings. The molecule has 3 rings (SSSR count). The molecule has 3 aliphatic rings. The highest BCUT2D eigenvalue weighted by atomic mass is 16.8. The lowest BCUT2D eigenvalue weighted by Gasteiger charge is -2.48. The summed E-state index contributed by atoms with van der Waals surface area (Å²) in [7, 11) is 0. The maximum atomic E-state index is 13.5. The van der Waals surface area contributed by atoms with Crippen molar-refractivity contribution in [1.82, 2.24) is 5.32 Å². The molecule has 0 aromatic carbocycles. The van der Waals surface area contributed by atoms with Gasteiger partial charge in [-0.15, -0.1) is 0 Å². The molecule has 12 N–H and O–H groups in total. The summed E-state index contributed by atoms with van der Waals surface area (Å²) >= 11 is 0. The number of ether oxygens (including phenoxy) is 6. The summed E-state index contributed by atoms with van der Waals surface area (Å²) in [4.78, 5) is 13.5. The second-order valence-electron chi connectivity index (χ2n) is 30.7. The first kappa shape index (κ1) is 93.7. The summed E-state index contributed by atoms with van der Waals surface area (Å²) < 4.78 is 34.5. The number of unbranched alkanes of at least 4 members (excludes halogenated alkanes) is 53. The van der Waals surface area contributed by atoms with Gasteiger partial charge in [-0.25, -0.2) is 0 Å².